The van der Waals surface area contributed by atoms with Crippen molar-refractivity contribution in [3.63, 3.8) is 0 Å². The molecule has 3 heterocycles. The normalized spacial score (nSPS) is 27.7. The van der Waals surface area contributed by atoms with Crippen LogP contribution >= 0.6 is 11.3 Å². The predicted molar refractivity (Wildman–Crippen MR) is 90.6 cm³/mol. The van der Waals surface area contributed by atoms with Gasteiger partial charge >= 0.3 is 0 Å². The van der Waals surface area contributed by atoms with Gasteiger partial charge in [-0.15, -0.1) is 11.3 Å². The largest absolute Gasteiger partial charge is 0.377 e. The molecule has 23 heavy (non-hydrogen) atoms. The average Bonchev–Trinajstić information content (AvgIpc) is 2.97. The molecular formula is C17H24N4OS. The summed E-state index contributed by atoms with van der Waals surface area (Å²) in [6, 6.07) is 5.51. The predicted octanol–water partition coefficient (Wildman–Crippen LogP) is 2.58. The molecule has 0 aromatic carbocycles. The van der Waals surface area contributed by atoms with Gasteiger partial charge in [0.25, 0.3) is 0 Å². The first-order valence-electron chi connectivity index (χ1n) is 8.45. The van der Waals surface area contributed by atoms with Gasteiger partial charge in [-0.1, -0.05) is 6.07 Å². The zero-order valence-corrected chi connectivity index (χ0v) is 14.6. The van der Waals surface area contributed by atoms with Crippen LogP contribution in [0.3, 0.4) is 0 Å². The third-order valence-corrected chi connectivity index (χ3v) is 6.07. The molecule has 0 spiro atoms. The van der Waals surface area contributed by atoms with Crippen LogP contribution in [-0.2, 0) is 24.3 Å². The lowest BCUT2D eigenvalue weighted by molar-refractivity contribution is 0.177. The van der Waals surface area contributed by atoms with Gasteiger partial charge in [-0.2, -0.15) is 5.10 Å². The molecule has 0 bridgehead atoms. The first-order valence-corrected chi connectivity index (χ1v) is 9.33. The summed E-state index contributed by atoms with van der Waals surface area (Å²) in [6.45, 7) is 3.76. The van der Waals surface area contributed by atoms with Crippen LogP contribution in [0.5, 0.6) is 0 Å². The van der Waals surface area contributed by atoms with E-state index >= 15 is 0 Å². The van der Waals surface area contributed by atoms with E-state index in [0.717, 1.165) is 42.9 Å². The highest BCUT2D eigenvalue weighted by Gasteiger charge is 2.43. The SMILES string of the molecule is COCc1nc2n(n1)CC(NC(C)[C@@H]1C[C@H]1c1cccs1)CC2. The lowest BCUT2D eigenvalue weighted by atomic mass is 10.0. The Labute approximate surface area is 141 Å². The van der Waals surface area contributed by atoms with Crippen LogP contribution in [0.1, 0.15) is 42.2 Å². The van der Waals surface area contributed by atoms with E-state index in [1.54, 1.807) is 12.0 Å². The first-order chi connectivity index (χ1) is 11.2. The molecule has 124 valence electrons. The third-order valence-electron chi connectivity index (χ3n) is 5.06. The minimum Gasteiger partial charge on any atom is -0.377 e. The van der Waals surface area contributed by atoms with Crippen molar-refractivity contribution in [2.75, 3.05) is 7.11 Å². The fourth-order valence-corrected chi connectivity index (χ4v) is 4.70. The summed E-state index contributed by atoms with van der Waals surface area (Å²) in [5, 5.41) is 10.6. The Balaban J connectivity index is 1.33. The quantitative estimate of drug-likeness (QED) is 0.883. The Bertz CT molecular complexity index is 654. The summed E-state index contributed by atoms with van der Waals surface area (Å²) >= 11 is 1.90. The van der Waals surface area contributed by atoms with Crippen molar-refractivity contribution in [2.24, 2.45) is 5.92 Å². The maximum Gasteiger partial charge on any atom is 0.176 e. The Morgan fingerprint density at radius 3 is 3.22 bits per heavy atom. The Morgan fingerprint density at radius 1 is 1.52 bits per heavy atom. The lowest BCUT2D eigenvalue weighted by Gasteiger charge is -2.27. The minimum absolute atomic E-state index is 0.499. The number of nitrogens with zero attached hydrogens (tertiary/aromatic N) is 3. The molecule has 4 rings (SSSR count). The van der Waals surface area contributed by atoms with Crippen LogP contribution in [-0.4, -0.2) is 34.0 Å². The molecule has 1 fully saturated rings. The molecule has 1 N–H and O–H groups in total. The monoisotopic (exact) mass is 332 g/mol. The van der Waals surface area contributed by atoms with Crippen molar-refractivity contribution in [3.05, 3.63) is 34.0 Å². The molecule has 6 heteroatoms. The third kappa shape index (κ3) is 3.20. The molecule has 0 radical (unpaired) electrons. The standard InChI is InChI=1S/C17H24N4OS/c1-11(13-8-14(13)15-4-3-7-23-15)18-12-5-6-17-19-16(10-22-2)20-21(17)9-12/h3-4,7,11-14,18H,5-6,8-10H2,1-2H3/t11?,12?,13-,14+/m0/s1. The van der Waals surface area contributed by atoms with Gasteiger partial charge in [0.05, 0.1) is 6.54 Å². The number of aromatic nitrogens is 3. The zero-order valence-electron chi connectivity index (χ0n) is 13.7. The zero-order chi connectivity index (χ0) is 15.8. The molecule has 2 aromatic heterocycles. The van der Waals surface area contributed by atoms with Gasteiger partial charge in [-0.3, -0.25) is 0 Å². The number of nitrogens with one attached hydrogen (secondary N) is 1. The van der Waals surface area contributed by atoms with E-state index in [-0.39, 0.29) is 0 Å². The van der Waals surface area contributed by atoms with Gasteiger partial charge in [0.2, 0.25) is 0 Å². The van der Waals surface area contributed by atoms with E-state index in [0.29, 0.717) is 18.7 Å². The van der Waals surface area contributed by atoms with Crippen LogP contribution in [0.25, 0.3) is 0 Å². The van der Waals surface area contributed by atoms with Crippen molar-refractivity contribution in [3.8, 4) is 0 Å². The summed E-state index contributed by atoms with van der Waals surface area (Å²) < 4.78 is 7.19. The molecule has 2 aromatic rings. The second kappa shape index (κ2) is 6.34. The number of hydrogen-bond donors (Lipinski definition) is 1. The Morgan fingerprint density at radius 2 is 2.43 bits per heavy atom. The van der Waals surface area contributed by atoms with Crippen LogP contribution in [0.4, 0.5) is 0 Å². The fourth-order valence-electron chi connectivity index (χ4n) is 3.78. The smallest absolute Gasteiger partial charge is 0.176 e. The van der Waals surface area contributed by atoms with Crippen LogP contribution in [0.15, 0.2) is 17.5 Å². The van der Waals surface area contributed by atoms with Gasteiger partial charge in [0, 0.05) is 30.5 Å². The number of thiophene rings is 1. The van der Waals surface area contributed by atoms with Crippen molar-refractivity contribution in [1.29, 1.82) is 0 Å². The molecular weight excluding hydrogens is 308 g/mol. The van der Waals surface area contributed by atoms with Crippen molar-refractivity contribution in [2.45, 2.75) is 57.3 Å². The fraction of sp³-hybridized carbons (Fsp3) is 0.647. The number of methoxy groups -OCH3 is 1. The number of rotatable bonds is 6. The van der Waals surface area contributed by atoms with Crippen LogP contribution < -0.4 is 5.32 Å². The number of hydrogen-bond acceptors (Lipinski definition) is 5. The topological polar surface area (TPSA) is 52.0 Å². The summed E-state index contributed by atoms with van der Waals surface area (Å²) in [7, 11) is 1.69. The van der Waals surface area contributed by atoms with E-state index in [4.69, 9.17) is 4.74 Å². The molecule has 2 aliphatic rings. The van der Waals surface area contributed by atoms with Crippen molar-refractivity contribution in [1.82, 2.24) is 20.1 Å². The maximum absolute atomic E-state index is 5.13. The summed E-state index contributed by atoms with van der Waals surface area (Å²) in [5.41, 5.74) is 0. The van der Waals surface area contributed by atoms with Gasteiger partial charge in [0.15, 0.2) is 5.82 Å². The van der Waals surface area contributed by atoms with Gasteiger partial charge in [0.1, 0.15) is 12.4 Å². The number of fused-ring (bicyclic) bond motifs is 1. The molecule has 0 saturated heterocycles. The van der Waals surface area contributed by atoms with E-state index in [9.17, 15) is 0 Å². The van der Waals surface area contributed by atoms with Crippen molar-refractivity contribution < 1.29 is 4.74 Å². The van der Waals surface area contributed by atoms with Crippen molar-refractivity contribution >= 4 is 11.3 Å². The second-order valence-corrected chi connectivity index (χ2v) is 7.75. The van der Waals surface area contributed by atoms with E-state index < -0.39 is 0 Å². The minimum atomic E-state index is 0.499. The van der Waals surface area contributed by atoms with Gasteiger partial charge in [-0.05, 0) is 43.0 Å². The van der Waals surface area contributed by atoms with E-state index in [2.05, 4.69) is 44.5 Å². The first kappa shape index (κ1) is 15.3. The molecule has 2 unspecified atom stereocenters. The molecule has 1 aliphatic heterocycles. The highest BCUT2D eigenvalue weighted by atomic mass is 32.1. The van der Waals surface area contributed by atoms with Crippen LogP contribution in [0.2, 0.25) is 0 Å². The Hall–Kier alpha value is -1.24. The number of aryl methyl sites for hydroxylation is 1. The van der Waals surface area contributed by atoms with Crippen LogP contribution in [0, 0.1) is 5.92 Å². The average molecular weight is 332 g/mol. The highest BCUT2D eigenvalue weighted by Crippen LogP contribution is 2.51. The summed E-state index contributed by atoms with van der Waals surface area (Å²) in [5.74, 6) is 3.47. The van der Waals surface area contributed by atoms with E-state index in [1.165, 1.54) is 6.42 Å². The number of ether oxygens (including phenoxy) is 1. The highest BCUT2D eigenvalue weighted by molar-refractivity contribution is 7.10. The Kier molecular flexibility index (Phi) is 4.22. The maximum atomic E-state index is 5.13. The van der Waals surface area contributed by atoms with Gasteiger partial charge < -0.3 is 10.1 Å². The molecule has 5 nitrogen and oxygen atoms in total. The second-order valence-electron chi connectivity index (χ2n) is 6.77. The van der Waals surface area contributed by atoms with E-state index in [1.807, 2.05) is 11.3 Å². The van der Waals surface area contributed by atoms with Gasteiger partial charge in [-0.25, -0.2) is 9.67 Å². The molecule has 1 aliphatic carbocycles. The summed E-state index contributed by atoms with van der Waals surface area (Å²) in [4.78, 5) is 6.10. The molecule has 4 atom stereocenters. The molecule has 0 amide bonds. The molecule has 1 saturated carbocycles. The lowest BCUT2D eigenvalue weighted by Crippen LogP contribution is -2.43. The summed E-state index contributed by atoms with van der Waals surface area (Å²) in [6.07, 6.45) is 3.47.